The minimum Gasteiger partial charge on any atom is -0.468 e. The van der Waals surface area contributed by atoms with Crippen LogP contribution in [0.5, 0.6) is 0 Å². The average Bonchev–Trinajstić information content (AvgIpc) is 2.88. The summed E-state index contributed by atoms with van der Waals surface area (Å²) in [6.07, 6.45) is 5.71. The second-order valence-electron chi connectivity index (χ2n) is 4.08. The summed E-state index contributed by atoms with van der Waals surface area (Å²) in [4.78, 5) is 37.8. The summed E-state index contributed by atoms with van der Waals surface area (Å²) in [6, 6.07) is 1.56. The van der Waals surface area contributed by atoms with Crippen LogP contribution in [0.3, 0.4) is 0 Å². The summed E-state index contributed by atoms with van der Waals surface area (Å²) in [7, 11) is 1.28. The third-order valence-electron chi connectivity index (χ3n) is 2.53. The highest BCUT2D eigenvalue weighted by molar-refractivity contribution is 5.90. The zero-order chi connectivity index (χ0) is 15.2. The molecule has 9 heteroatoms. The van der Waals surface area contributed by atoms with Crippen LogP contribution in [0.4, 0.5) is 5.69 Å². The molecule has 0 radical (unpaired) electrons. The third-order valence-corrected chi connectivity index (χ3v) is 2.53. The number of esters is 1. The molecule has 2 heterocycles. The van der Waals surface area contributed by atoms with Crippen molar-refractivity contribution in [3.63, 3.8) is 0 Å². The number of hydrogen-bond donors (Lipinski definition) is 1. The van der Waals surface area contributed by atoms with Gasteiger partial charge in [-0.2, -0.15) is 5.10 Å². The first-order chi connectivity index (χ1) is 10.1. The summed E-state index contributed by atoms with van der Waals surface area (Å²) in [5.74, 6) is -0.847. The summed E-state index contributed by atoms with van der Waals surface area (Å²) >= 11 is 0. The Morgan fingerprint density at radius 3 is 2.90 bits per heavy atom. The molecule has 9 nitrogen and oxygen atoms in total. The molecule has 1 N–H and O–H groups in total. The van der Waals surface area contributed by atoms with Gasteiger partial charge < -0.3 is 10.1 Å². The van der Waals surface area contributed by atoms with Crippen LogP contribution in [0.2, 0.25) is 0 Å². The van der Waals surface area contributed by atoms with E-state index in [1.165, 1.54) is 41.1 Å². The Morgan fingerprint density at radius 1 is 1.38 bits per heavy atom. The van der Waals surface area contributed by atoms with Gasteiger partial charge in [-0.3, -0.25) is 18.8 Å². The van der Waals surface area contributed by atoms with E-state index in [9.17, 15) is 14.4 Å². The van der Waals surface area contributed by atoms with Crippen molar-refractivity contribution in [2.24, 2.45) is 0 Å². The Labute approximate surface area is 119 Å². The average molecular weight is 291 g/mol. The first-order valence-electron chi connectivity index (χ1n) is 5.99. The van der Waals surface area contributed by atoms with Crippen molar-refractivity contribution in [3.8, 4) is 0 Å². The van der Waals surface area contributed by atoms with Crippen LogP contribution in [-0.2, 0) is 27.4 Å². The summed E-state index contributed by atoms with van der Waals surface area (Å²) in [5.41, 5.74) is -0.0881. The molecule has 2 aromatic rings. The quantitative estimate of drug-likeness (QED) is 0.726. The molecule has 2 rings (SSSR count). The van der Waals surface area contributed by atoms with Gasteiger partial charge in [-0.1, -0.05) is 0 Å². The van der Waals surface area contributed by atoms with Gasteiger partial charge in [0.25, 0.3) is 0 Å². The first kappa shape index (κ1) is 14.4. The number of amides is 1. The monoisotopic (exact) mass is 291 g/mol. The number of anilines is 1. The lowest BCUT2D eigenvalue weighted by Gasteiger charge is -2.04. The fourth-order valence-electron chi connectivity index (χ4n) is 1.57. The molecule has 2 aromatic heterocycles. The van der Waals surface area contributed by atoms with Gasteiger partial charge in [0.2, 0.25) is 5.91 Å². The maximum Gasteiger partial charge on any atom is 0.347 e. The van der Waals surface area contributed by atoms with Gasteiger partial charge >= 0.3 is 11.7 Å². The molecule has 0 atom stereocenters. The molecular weight excluding hydrogens is 278 g/mol. The van der Waals surface area contributed by atoms with E-state index in [2.05, 4.69) is 20.1 Å². The molecule has 0 fully saturated rings. The van der Waals surface area contributed by atoms with Crippen molar-refractivity contribution in [1.29, 1.82) is 0 Å². The minimum absolute atomic E-state index is 0.0472. The molecule has 0 aliphatic rings. The fraction of sp³-hybridized carbons (Fsp3) is 0.250. The van der Waals surface area contributed by atoms with E-state index in [1.807, 2.05) is 0 Å². The lowest BCUT2D eigenvalue weighted by Crippen LogP contribution is -2.28. The molecule has 0 saturated carbocycles. The molecule has 0 aliphatic heterocycles. The van der Waals surface area contributed by atoms with Crippen LogP contribution < -0.4 is 11.0 Å². The summed E-state index contributed by atoms with van der Waals surface area (Å²) in [6.45, 7) is -0.205. The van der Waals surface area contributed by atoms with Gasteiger partial charge in [0, 0.05) is 18.6 Å². The van der Waals surface area contributed by atoms with Gasteiger partial charge in [0.15, 0.2) is 0 Å². The molecule has 0 spiro atoms. The van der Waals surface area contributed by atoms with Crippen LogP contribution >= 0.6 is 0 Å². The topological polar surface area (TPSA) is 108 Å². The molecule has 0 unspecified atom stereocenters. The Balaban J connectivity index is 1.96. The van der Waals surface area contributed by atoms with Crippen molar-refractivity contribution >= 4 is 17.6 Å². The van der Waals surface area contributed by atoms with Gasteiger partial charge in [-0.15, -0.1) is 0 Å². The van der Waals surface area contributed by atoms with E-state index >= 15 is 0 Å². The van der Waals surface area contributed by atoms with Crippen molar-refractivity contribution in [1.82, 2.24) is 19.3 Å². The zero-order valence-electron chi connectivity index (χ0n) is 11.2. The van der Waals surface area contributed by atoms with E-state index in [0.29, 0.717) is 5.69 Å². The molecule has 1 amide bonds. The van der Waals surface area contributed by atoms with Crippen LogP contribution in [0.1, 0.15) is 0 Å². The largest absolute Gasteiger partial charge is 0.468 e. The van der Waals surface area contributed by atoms with E-state index in [0.717, 1.165) is 0 Å². The highest BCUT2D eigenvalue weighted by atomic mass is 16.5. The molecule has 0 aliphatic carbocycles. The molecule has 21 heavy (non-hydrogen) atoms. The Bertz CT molecular complexity index is 705. The second kappa shape index (κ2) is 6.46. The fourth-order valence-corrected chi connectivity index (χ4v) is 1.57. The summed E-state index contributed by atoms with van der Waals surface area (Å²) in [5, 5.41) is 6.47. The zero-order valence-corrected chi connectivity index (χ0v) is 11.2. The van der Waals surface area contributed by atoms with Gasteiger partial charge in [0.1, 0.15) is 13.1 Å². The van der Waals surface area contributed by atoms with Crippen molar-refractivity contribution in [2.75, 3.05) is 12.4 Å². The number of nitrogens with zero attached hydrogens (tertiary/aromatic N) is 4. The van der Waals surface area contributed by atoms with E-state index in [4.69, 9.17) is 0 Å². The number of rotatable bonds is 5. The van der Waals surface area contributed by atoms with Crippen LogP contribution in [0.15, 0.2) is 35.6 Å². The number of ether oxygens (including phenoxy) is 1. The van der Waals surface area contributed by atoms with Crippen LogP contribution in [0, 0.1) is 0 Å². The maximum absolute atomic E-state index is 11.8. The lowest BCUT2D eigenvalue weighted by atomic mass is 10.5. The predicted octanol–water partition coefficient (Wildman–Crippen LogP) is -0.749. The Hall–Kier alpha value is -2.97. The molecule has 0 aromatic carbocycles. The first-order valence-corrected chi connectivity index (χ1v) is 5.99. The maximum atomic E-state index is 11.8. The Morgan fingerprint density at radius 2 is 2.19 bits per heavy atom. The number of hydrogen-bond acceptors (Lipinski definition) is 6. The second-order valence-corrected chi connectivity index (χ2v) is 4.08. The number of carbonyl (C=O) groups excluding carboxylic acids is 2. The number of methoxy groups -OCH3 is 1. The van der Waals surface area contributed by atoms with E-state index < -0.39 is 17.6 Å². The van der Waals surface area contributed by atoms with Gasteiger partial charge in [0.05, 0.1) is 19.0 Å². The number of carbonyl (C=O) groups is 2. The third kappa shape index (κ3) is 4.00. The lowest BCUT2D eigenvalue weighted by molar-refractivity contribution is -0.141. The highest BCUT2D eigenvalue weighted by Crippen LogP contribution is 2.05. The van der Waals surface area contributed by atoms with Gasteiger partial charge in [-0.25, -0.2) is 9.78 Å². The molecule has 0 saturated heterocycles. The van der Waals surface area contributed by atoms with Crippen LogP contribution in [0.25, 0.3) is 0 Å². The van der Waals surface area contributed by atoms with Crippen LogP contribution in [-0.4, -0.2) is 38.3 Å². The normalized spacial score (nSPS) is 10.1. The molecule has 0 bridgehead atoms. The highest BCUT2D eigenvalue weighted by Gasteiger charge is 2.08. The summed E-state index contributed by atoms with van der Waals surface area (Å²) < 4.78 is 7.01. The molecular formula is C12H13N5O4. The van der Waals surface area contributed by atoms with E-state index in [-0.39, 0.29) is 13.1 Å². The number of nitrogens with one attached hydrogen (secondary N) is 1. The standard InChI is InChI=1S/C12H13N5O4/c1-21-11(19)8-17-6-9(5-14-17)15-10(18)7-16-4-2-3-13-12(16)20/h2-6H,7-8H2,1H3,(H,15,18). The SMILES string of the molecule is COC(=O)Cn1cc(NC(=O)Cn2cccnc2=O)cn1. The number of aromatic nitrogens is 4. The molecule has 110 valence electrons. The predicted molar refractivity (Wildman–Crippen MR) is 71.4 cm³/mol. The van der Waals surface area contributed by atoms with Crippen molar-refractivity contribution < 1.29 is 14.3 Å². The van der Waals surface area contributed by atoms with Crippen molar-refractivity contribution in [3.05, 3.63) is 41.3 Å². The van der Waals surface area contributed by atoms with E-state index in [1.54, 1.807) is 6.07 Å². The smallest absolute Gasteiger partial charge is 0.347 e. The Kier molecular flexibility index (Phi) is 4.44. The van der Waals surface area contributed by atoms with Gasteiger partial charge in [-0.05, 0) is 6.07 Å². The van der Waals surface area contributed by atoms with Crippen molar-refractivity contribution in [2.45, 2.75) is 13.1 Å². The minimum atomic E-state index is -0.506.